The minimum atomic E-state index is -0.576. The monoisotopic (exact) mass is 351 g/mol. The van der Waals surface area contributed by atoms with Gasteiger partial charge in [0.05, 0.1) is 0 Å². The van der Waals surface area contributed by atoms with Crippen molar-refractivity contribution < 1.29 is 14.3 Å². The van der Waals surface area contributed by atoms with Gasteiger partial charge in [-0.05, 0) is 80.1 Å². The lowest BCUT2D eigenvalue weighted by molar-refractivity contribution is -0.122. The maximum Gasteiger partial charge on any atom is 0.265 e. The van der Waals surface area contributed by atoms with Crippen LogP contribution in [0, 0.1) is 0 Å². The van der Waals surface area contributed by atoms with Gasteiger partial charge in [-0.3, -0.25) is 4.79 Å². The van der Waals surface area contributed by atoms with Crippen molar-refractivity contribution in [2.75, 3.05) is 11.9 Å². The summed E-state index contributed by atoms with van der Waals surface area (Å²) in [6, 6.07) is 13.4. The molecule has 0 fully saturated rings. The van der Waals surface area contributed by atoms with E-state index in [-0.39, 0.29) is 5.91 Å². The minimum Gasteiger partial charge on any atom is -0.490 e. The lowest BCUT2D eigenvalue weighted by atomic mass is 9.92. The van der Waals surface area contributed by atoms with E-state index in [2.05, 4.69) is 24.0 Å². The first-order valence-corrected chi connectivity index (χ1v) is 9.09. The number of benzene rings is 2. The van der Waals surface area contributed by atoms with Gasteiger partial charge in [-0.15, -0.1) is 0 Å². The van der Waals surface area contributed by atoms with Gasteiger partial charge in [0.15, 0.2) is 6.10 Å². The standard InChI is InChI=1S/C22H25NO3/c1-3-14-25-20-12-9-19(10-13-20)23-22(24)16(2)26-21-11-8-17-6-4-5-7-18(17)15-21/h3,8-13,15-16H,1,4-7,14H2,2H3,(H,23,24)/t16-/m0/s1. The maximum atomic E-state index is 12.4. The summed E-state index contributed by atoms with van der Waals surface area (Å²) in [6.07, 6.45) is 5.82. The molecule has 4 heteroatoms. The molecule has 0 aromatic heterocycles. The third-order valence-electron chi connectivity index (χ3n) is 4.49. The van der Waals surface area contributed by atoms with Crippen LogP contribution in [0.4, 0.5) is 5.69 Å². The number of amides is 1. The molecule has 0 aliphatic heterocycles. The summed E-state index contributed by atoms with van der Waals surface area (Å²) in [6.45, 7) is 5.83. The average molecular weight is 351 g/mol. The Morgan fingerprint density at radius 2 is 1.81 bits per heavy atom. The van der Waals surface area contributed by atoms with Crippen LogP contribution < -0.4 is 14.8 Å². The van der Waals surface area contributed by atoms with Crippen LogP contribution in [-0.4, -0.2) is 18.6 Å². The molecule has 0 radical (unpaired) electrons. The molecule has 0 bridgehead atoms. The third-order valence-corrected chi connectivity index (χ3v) is 4.49. The van der Waals surface area contributed by atoms with Crippen molar-refractivity contribution in [2.45, 2.75) is 38.7 Å². The zero-order valence-corrected chi connectivity index (χ0v) is 15.2. The Bertz CT molecular complexity index is 767. The number of ether oxygens (including phenoxy) is 2. The molecule has 1 aliphatic carbocycles. The Labute approximate surface area is 154 Å². The topological polar surface area (TPSA) is 47.6 Å². The van der Waals surface area contributed by atoms with Crippen molar-refractivity contribution in [3.05, 3.63) is 66.2 Å². The number of aryl methyl sites for hydroxylation is 2. The highest BCUT2D eigenvalue weighted by atomic mass is 16.5. The zero-order chi connectivity index (χ0) is 18.4. The number of carbonyl (C=O) groups is 1. The smallest absolute Gasteiger partial charge is 0.265 e. The quantitative estimate of drug-likeness (QED) is 0.745. The van der Waals surface area contributed by atoms with Crippen LogP contribution in [0.2, 0.25) is 0 Å². The largest absolute Gasteiger partial charge is 0.490 e. The van der Waals surface area contributed by atoms with E-state index in [0.717, 1.165) is 24.3 Å². The van der Waals surface area contributed by atoms with Crippen LogP contribution in [0.1, 0.15) is 30.9 Å². The summed E-state index contributed by atoms with van der Waals surface area (Å²) in [5.74, 6) is 1.31. The molecule has 0 saturated carbocycles. The van der Waals surface area contributed by atoms with E-state index in [0.29, 0.717) is 12.3 Å². The number of carbonyl (C=O) groups excluding carboxylic acids is 1. The zero-order valence-electron chi connectivity index (χ0n) is 15.2. The molecule has 1 amide bonds. The van der Waals surface area contributed by atoms with Gasteiger partial charge in [0, 0.05) is 5.69 Å². The van der Waals surface area contributed by atoms with E-state index in [9.17, 15) is 4.79 Å². The molecule has 26 heavy (non-hydrogen) atoms. The number of hydrogen-bond acceptors (Lipinski definition) is 3. The molecule has 0 heterocycles. The van der Waals surface area contributed by atoms with Gasteiger partial charge in [-0.1, -0.05) is 18.7 Å². The fourth-order valence-electron chi connectivity index (χ4n) is 3.07. The van der Waals surface area contributed by atoms with Crippen LogP contribution in [0.5, 0.6) is 11.5 Å². The fourth-order valence-corrected chi connectivity index (χ4v) is 3.07. The van der Waals surface area contributed by atoms with Crippen molar-refractivity contribution in [2.24, 2.45) is 0 Å². The molecule has 1 aliphatic rings. The number of rotatable bonds is 7. The summed E-state index contributed by atoms with van der Waals surface area (Å²) in [5.41, 5.74) is 3.46. The molecule has 1 N–H and O–H groups in total. The van der Waals surface area contributed by atoms with Gasteiger partial charge in [0.1, 0.15) is 18.1 Å². The SMILES string of the molecule is C=CCOc1ccc(NC(=O)[C@H](C)Oc2ccc3c(c2)CCCC3)cc1. The van der Waals surface area contributed by atoms with Crippen molar-refractivity contribution in [3.8, 4) is 11.5 Å². The molecule has 136 valence electrons. The Morgan fingerprint density at radius 1 is 1.12 bits per heavy atom. The molecule has 4 nitrogen and oxygen atoms in total. The summed E-state index contributed by atoms with van der Waals surface area (Å²) >= 11 is 0. The van der Waals surface area contributed by atoms with E-state index in [1.54, 1.807) is 13.0 Å². The number of anilines is 1. The highest BCUT2D eigenvalue weighted by Gasteiger charge is 2.16. The summed E-state index contributed by atoms with van der Waals surface area (Å²) < 4.78 is 11.3. The predicted molar refractivity (Wildman–Crippen MR) is 104 cm³/mol. The molecule has 0 saturated heterocycles. The number of nitrogens with one attached hydrogen (secondary N) is 1. The van der Waals surface area contributed by atoms with E-state index < -0.39 is 6.10 Å². The summed E-state index contributed by atoms with van der Waals surface area (Å²) in [4.78, 5) is 12.4. The molecular weight excluding hydrogens is 326 g/mol. The molecule has 0 unspecified atom stereocenters. The molecular formula is C22H25NO3. The highest BCUT2D eigenvalue weighted by molar-refractivity contribution is 5.94. The Kier molecular flexibility index (Phi) is 5.95. The first kappa shape index (κ1) is 18.1. The van der Waals surface area contributed by atoms with Crippen molar-refractivity contribution >= 4 is 11.6 Å². The highest BCUT2D eigenvalue weighted by Crippen LogP contribution is 2.26. The average Bonchev–Trinajstić information content (AvgIpc) is 2.67. The Morgan fingerprint density at radius 3 is 2.54 bits per heavy atom. The second kappa shape index (κ2) is 8.56. The fraction of sp³-hybridized carbons (Fsp3) is 0.318. The predicted octanol–water partition coefficient (Wildman–Crippen LogP) is 4.54. The van der Waals surface area contributed by atoms with Crippen molar-refractivity contribution in [3.63, 3.8) is 0 Å². The van der Waals surface area contributed by atoms with Crippen molar-refractivity contribution in [1.82, 2.24) is 0 Å². The molecule has 0 spiro atoms. The van der Waals surface area contributed by atoms with Crippen LogP contribution in [0.3, 0.4) is 0 Å². The van der Waals surface area contributed by atoms with Gasteiger partial charge in [-0.25, -0.2) is 0 Å². The van der Waals surface area contributed by atoms with Gasteiger partial charge in [-0.2, -0.15) is 0 Å². The number of hydrogen-bond donors (Lipinski definition) is 1. The van der Waals surface area contributed by atoms with Crippen LogP contribution >= 0.6 is 0 Å². The number of fused-ring (bicyclic) bond motifs is 1. The van der Waals surface area contributed by atoms with Crippen LogP contribution in [-0.2, 0) is 17.6 Å². The van der Waals surface area contributed by atoms with Gasteiger partial charge in [0.25, 0.3) is 5.91 Å². The lowest BCUT2D eigenvalue weighted by Crippen LogP contribution is -2.30. The van der Waals surface area contributed by atoms with E-state index in [1.165, 1.54) is 24.0 Å². The van der Waals surface area contributed by atoms with Crippen LogP contribution in [0.25, 0.3) is 0 Å². The maximum absolute atomic E-state index is 12.4. The lowest BCUT2D eigenvalue weighted by Gasteiger charge is -2.19. The van der Waals surface area contributed by atoms with Crippen LogP contribution in [0.15, 0.2) is 55.1 Å². The first-order valence-electron chi connectivity index (χ1n) is 9.09. The second-order valence-corrected chi connectivity index (χ2v) is 6.51. The Hall–Kier alpha value is -2.75. The van der Waals surface area contributed by atoms with E-state index in [4.69, 9.17) is 9.47 Å². The van der Waals surface area contributed by atoms with Gasteiger partial charge in [0.2, 0.25) is 0 Å². The second-order valence-electron chi connectivity index (χ2n) is 6.51. The van der Waals surface area contributed by atoms with Crippen molar-refractivity contribution in [1.29, 1.82) is 0 Å². The molecule has 1 atom stereocenters. The molecule has 3 rings (SSSR count). The van der Waals surface area contributed by atoms with E-state index >= 15 is 0 Å². The third kappa shape index (κ3) is 4.66. The first-order chi connectivity index (χ1) is 12.7. The van der Waals surface area contributed by atoms with Gasteiger partial charge < -0.3 is 14.8 Å². The normalized spacial score (nSPS) is 14.0. The van der Waals surface area contributed by atoms with E-state index in [1.807, 2.05) is 30.3 Å². The molecule has 2 aromatic carbocycles. The minimum absolute atomic E-state index is 0.178. The summed E-state index contributed by atoms with van der Waals surface area (Å²) in [5, 5.41) is 2.87. The summed E-state index contributed by atoms with van der Waals surface area (Å²) in [7, 11) is 0. The molecule has 2 aromatic rings. The van der Waals surface area contributed by atoms with Gasteiger partial charge >= 0.3 is 0 Å². The Balaban J connectivity index is 1.56.